The van der Waals surface area contributed by atoms with Crippen molar-refractivity contribution in [3.63, 3.8) is 0 Å². The number of ether oxygens (including phenoxy) is 1. The minimum absolute atomic E-state index is 0.303. The largest absolute Gasteiger partial charge is 0.481 e. The van der Waals surface area contributed by atoms with Crippen molar-refractivity contribution in [1.82, 2.24) is 0 Å². The monoisotopic (exact) mass is 344 g/mol. The SMILES string of the molecule is C=C(CC(=O)O)C(=O)O.O=C(O)C=CC(=O)O.O=C1C=CC(=O)O1. The maximum atomic E-state index is 9.92. The fourth-order valence-electron chi connectivity index (χ4n) is 0.704. The van der Waals surface area contributed by atoms with E-state index in [0.717, 1.165) is 12.2 Å². The molecule has 0 atom stereocenters. The molecule has 130 valence electrons. The lowest BCUT2D eigenvalue weighted by atomic mass is 10.2. The molecule has 0 amide bonds. The number of esters is 2. The van der Waals surface area contributed by atoms with Gasteiger partial charge in [0.05, 0.1) is 6.42 Å². The first-order chi connectivity index (χ1) is 11.0. The summed E-state index contributed by atoms with van der Waals surface area (Å²) in [6.45, 7) is 3.01. The van der Waals surface area contributed by atoms with Crippen molar-refractivity contribution in [3.8, 4) is 0 Å². The van der Waals surface area contributed by atoms with Crippen LogP contribution in [0.2, 0.25) is 0 Å². The van der Waals surface area contributed by atoms with Gasteiger partial charge >= 0.3 is 35.8 Å². The van der Waals surface area contributed by atoms with Crippen molar-refractivity contribution >= 4 is 35.8 Å². The van der Waals surface area contributed by atoms with E-state index in [1.807, 2.05) is 0 Å². The summed E-state index contributed by atoms with van der Waals surface area (Å²) in [6, 6.07) is 0. The molecule has 0 fully saturated rings. The molecule has 0 aromatic carbocycles. The molecule has 1 rings (SSSR count). The van der Waals surface area contributed by atoms with Gasteiger partial charge < -0.3 is 25.2 Å². The van der Waals surface area contributed by atoms with E-state index in [9.17, 15) is 28.8 Å². The number of carbonyl (C=O) groups excluding carboxylic acids is 2. The van der Waals surface area contributed by atoms with Gasteiger partial charge in [-0.2, -0.15) is 0 Å². The summed E-state index contributed by atoms with van der Waals surface area (Å²) in [5.41, 5.74) is -0.303. The van der Waals surface area contributed by atoms with Crippen LogP contribution in [0.5, 0.6) is 0 Å². The van der Waals surface area contributed by atoms with Gasteiger partial charge in [-0.25, -0.2) is 24.0 Å². The molecule has 1 aliphatic rings. The van der Waals surface area contributed by atoms with Crippen LogP contribution in [-0.2, 0) is 33.5 Å². The third-order valence-corrected chi connectivity index (χ3v) is 1.59. The summed E-state index contributed by atoms with van der Waals surface area (Å²) >= 11 is 0. The highest BCUT2D eigenvalue weighted by atomic mass is 16.6. The molecule has 11 heteroatoms. The van der Waals surface area contributed by atoms with E-state index in [1.54, 1.807) is 0 Å². The number of hydrogen-bond donors (Lipinski definition) is 4. The highest BCUT2D eigenvalue weighted by Gasteiger charge is 2.10. The number of hydrogen-bond acceptors (Lipinski definition) is 7. The summed E-state index contributed by atoms with van der Waals surface area (Å²) in [7, 11) is 0. The number of carboxylic acid groups (broad SMARTS) is 4. The Morgan fingerprint density at radius 2 is 1.29 bits per heavy atom. The molecule has 24 heavy (non-hydrogen) atoms. The molecule has 0 bridgehead atoms. The Hall–Kier alpha value is -3.76. The normalized spacial score (nSPS) is 11.5. The summed E-state index contributed by atoms with van der Waals surface area (Å²) in [6.07, 6.45) is 2.78. The Labute approximate surface area is 133 Å². The van der Waals surface area contributed by atoms with Crippen LogP contribution in [0.15, 0.2) is 36.5 Å². The zero-order valence-electron chi connectivity index (χ0n) is 11.9. The average molecular weight is 344 g/mol. The summed E-state index contributed by atoms with van der Waals surface area (Å²) in [4.78, 5) is 58.6. The number of rotatable bonds is 5. The van der Waals surface area contributed by atoms with E-state index in [4.69, 9.17) is 20.4 Å². The highest BCUT2D eigenvalue weighted by molar-refractivity contribution is 6.04. The molecule has 1 aliphatic heterocycles. The number of carboxylic acids is 4. The van der Waals surface area contributed by atoms with Crippen LogP contribution >= 0.6 is 0 Å². The van der Waals surface area contributed by atoms with Crippen LogP contribution in [0, 0.1) is 0 Å². The second-order valence-corrected chi connectivity index (χ2v) is 3.56. The average Bonchev–Trinajstić information content (AvgIpc) is 2.80. The number of aliphatic carboxylic acids is 4. The van der Waals surface area contributed by atoms with Crippen molar-refractivity contribution < 1.29 is 53.9 Å². The van der Waals surface area contributed by atoms with Crippen LogP contribution in [0.4, 0.5) is 0 Å². The predicted molar refractivity (Wildman–Crippen MR) is 73.7 cm³/mol. The molecule has 0 saturated heterocycles. The van der Waals surface area contributed by atoms with Crippen molar-refractivity contribution in [3.05, 3.63) is 36.5 Å². The quantitative estimate of drug-likeness (QED) is 0.284. The standard InChI is InChI=1S/C5H6O4.C4H4O4.C4H2O3/c1-3(5(8)9)2-4(6)7;5-3(6)1-2-4(7)8;5-3-1-2-4(6)7-3/h1-2H2,(H,6,7)(H,8,9);1-2H,(H,5,6)(H,7,8);1-2H. The van der Waals surface area contributed by atoms with Crippen LogP contribution in [-0.4, -0.2) is 56.2 Å². The maximum absolute atomic E-state index is 9.92. The van der Waals surface area contributed by atoms with Crippen LogP contribution in [0.1, 0.15) is 6.42 Å². The van der Waals surface area contributed by atoms with Gasteiger partial charge in [-0.05, 0) is 0 Å². The highest BCUT2D eigenvalue weighted by Crippen LogP contribution is 1.95. The lowest BCUT2D eigenvalue weighted by Gasteiger charge is -1.91. The van der Waals surface area contributed by atoms with E-state index >= 15 is 0 Å². The summed E-state index contributed by atoms with van der Waals surface area (Å²) in [5.74, 6) is -6.12. The smallest absolute Gasteiger partial charge is 0.338 e. The van der Waals surface area contributed by atoms with Crippen LogP contribution < -0.4 is 0 Å². The zero-order valence-corrected chi connectivity index (χ0v) is 11.9. The molecule has 0 aromatic heterocycles. The van der Waals surface area contributed by atoms with Gasteiger partial charge in [0.1, 0.15) is 0 Å². The molecule has 0 unspecified atom stereocenters. The van der Waals surface area contributed by atoms with Crippen LogP contribution in [0.3, 0.4) is 0 Å². The van der Waals surface area contributed by atoms with Gasteiger partial charge in [0.2, 0.25) is 0 Å². The molecule has 0 radical (unpaired) electrons. The second kappa shape index (κ2) is 11.9. The zero-order chi connectivity index (χ0) is 19.3. The summed E-state index contributed by atoms with van der Waals surface area (Å²) in [5, 5.41) is 31.7. The van der Waals surface area contributed by atoms with Gasteiger partial charge in [-0.1, -0.05) is 6.58 Å². The first kappa shape index (κ1) is 22.5. The third kappa shape index (κ3) is 16.3. The Morgan fingerprint density at radius 1 is 0.917 bits per heavy atom. The summed E-state index contributed by atoms with van der Waals surface area (Å²) < 4.78 is 3.97. The molecular formula is C13H12O11. The fourth-order valence-corrected chi connectivity index (χ4v) is 0.704. The van der Waals surface area contributed by atoms with Crippen molar-refractivity contribution in [1.29, 1.82) is 0 Å². The minimum atomic E-state index is -1.27. The maximum Gasteiger partial charge on any atom is 0.338 e. The third-order valence-electron chi connectivity index (χ3n) is 1.59. The lowest BCUT2D eigenvalue weighted by Crippen LogP contribution is -2.04. The molecule has 0 aliphatic carbocycles. The fraction of sp³-hybridized carbons (Fsp3) is 0.0769. The van der Waals surface area contributed by atoms with Gasteiger partial charge in [0, 0.05) is 29.9 Å². The van der Waals surface area contributed by atoms with E-state index in [-0.39, 0.29) is 5.57 Å². The number of carbonyl (C=O) groups is 6. The first-order valence-electron chi connectivity index (χ1n) is 5.66. The Kier molecular flexibility index (Phi) is 11.1. The Balaban J connectivity index is 0. The molecule has 4 N–H and O–H groups in total. The van der Waals surface area contributed by atoms with E-state index in [0.29, 0.717) is 12.2 Å². The van der Waals surface area contributed by atoms with Gasteiger partial charge in [0.25, 0.3) is 0 Å². The molecule has 11 nitrogen and oxygen atoms in total. The first-order valence-corrected chi connectivity index (χ1v) is 5.66. The van der Waals surface area contributed by atoms with E-state index in [2.05, 4.69) is 11.3 Å². The van der Waals surface area contributed by atoms with Gasteiger partial charge in [-0.3, -0.25) is 4.79 Å². The van der Waals surface area contributed by atoms with Crippen molar-refractivity contribution in [2.24, 2.45) is 0 Å². The van der Waals surface area contributed by atoms with Crippen LogP contribution in [0.25, 0.3) is 0 Å². The Bertz CT molecular complexity index is 577. The van der Waals surface area contributed by atoms with Crippen molar-refractivity contribution in [2.45, 2.75) is 6.42 Å². The molecular weight excluding hydrogens is 332 g/mol. The number of cyclic esters (lactones) is 2. The molecule has 1 heterocycles. The second-order valence-electron chi connectivity index (χ2n) is 3.56. The van der Waals surface area contributed by atoms with Gasteiger partial charge in [-0.15, -0.1) is 0 Å². The van der Waals surface area contributed by atoms with E-state index in [1.165, 1.54) is 0 Å². The molecule has 0 aromatic rings. The Morgan fingerprint density at radius 3 is 1.42 bits per heavy atom. The van der Waals surface area contributed by atoms with Gasteiger partial charge in [0.15, 0.2) is 0 Å². The molecule has 0 spiro atoms. The minimum Gasteiger partial charge on any atom is -0.481 e. The topological polar surface area (TPSA) is 193 Å². The molecule has 0 saturated carbocycles. The lowest BCUT2D eigenvalue weighted by molar-refractivity contribution is -0.150. The predicted octanol–water partition coefficient (Wildman–Crippen LogP) is -0.560. The van der Waals surface area contributed by atoms with Crippen molar-refractivity contribution in [2.75, 3.05) is 0 Å². The van der Waals surface area contributed by atoms with E-state index < -0.39 is 42.2 Å².